The monoisotopic (exact) mass is 373 g/mol. The first-order valence-corrected chi connectivity index (χ1v) is 8.84. The number of rotatable bonds is 6. The third-order valence-electron chi connectivity index (χ3n) is 4.28. The van der Waals surface area contributed by atoms with Crippen LogP contribution in [0.25, 0.3) is 10.9 Å². The Morgan fingerprint density at radius 1 is 1.04 bits per heavy atom. The fraction of sp³-hybridized carbons (Fsp3) is 0.0909. The van der Waals surface area contributed by atoms with E-state index in [2.05, 4.69) is 15.3 Å². The molecule has 2 aromatic heterocycles. The molecule has 4 aromatic rings. The molecule has 0 fully saturated rings. The molecule has 2 aromatic carbocycles. The second-order valence-corrected chi connectivity index (χ2v) is 6.24. The van der Waals surface area contributed by atoms with Crippen LogP contribution in [-0.2, 0) is 6.54 Å². The van der Waals surface area contributed by atoms with Gasteiger partial charge in [-0.1, -0.05) is 24.3 Å². The molecule has 0 aliphatic rings. The standard InChI is InChI=1S/C22H19N3O3/c1-27-22-10-9-15(14-24-22)13-23-16-5-4-6-17(11-16)28-20-12-21(26)25-19-8-3-2-7-18(19)20/h2-12,14,23H,13H2,1H3,(H,25,26). The summed E-state index contributed by atoms with van der Waals surface area (Å²) in [6, 6.07) is 20.4. The molecule has 0 atom stereocenters. The molecular weight excluding hydrogens is 354 g/mol. The zero-order chi connectivity index (χ0) is 19.3. The maximum absolute atomic E-state index is 11.9. The molecule has 0 amide bonds. The zero-order valence-corrected chi connectivity index (χ0v) is 15.3. The third kappa shape index (κ3) is 3.96. The number of pyridine rings is 2. The highest BCUT2D eigenvalue weighted by Gasteiger charge is 2.06. The minimum atomic E-state index is -0.199. The molecule has 0 radical (unpaired) electrons. The van der Waals surface area contributed by atoms with E-state index in [-0.39, 0.29) is 5.56 Å². The van der Waals surface area contributed by atoms with Crippen LogP contribution in [0.15, 0.2) is 77.7 Å². The molecule has 4 rings (SSSR count). The van der Waals surface area contributed by atoms with Gasteiger partial charge in [-0.3, -0.25) is 4.79 Å². The van der Waals surface area contributed by atoms with E-state index in [1.54, 1.807) is 13.3 Å². The summed E-state index contributed by atoms with van der Waals surface area (Å²) >= 11 is 0. The smallest absolute Gasteiger partial charge is 0.252 e. The number of aromatic nitrogens is 2. The normalized spacial score (nSPS) is 10.6. The van der Waals surface area contributed by atoms with Crippen LogP contribution in [0.2, 0.25) is 0 Å². The van der Waals surface area contributed by atoms with Crippen molar-refractivity contribution in [2.75, 3.05) is 12.4 Å². The van der Waals surface area contributed by atoms with Crippen LogP contribution in [0, 0.1) is 0 Å². The summed E-state index contributed by atoms with van der Waals surface area (Å²) in [6.07, 6.45) is 1.77. The van der Waals surface area contributed by atoms with Crippen LogP contribution >= 0.6 is 0 Å². The Kier molecular flexibility index (Phi) is 4.93. The number of nitrogens with zero attached hydrogens (tertiary/aromatic N) is 1. The van der Waals surface area contributed by atoms with Crippen LogP contribution in [-0.4, -0.2) is 17.1 Å². The van der Waals surface area contributed by atoms with E-state index >= 15 is 0 Å². The van der Waals surface area contributed by atoms with Crippen molar-refractivity contribution < 1.29 is 9.47 Å². The Hall–Kier alpha value is -3.80. The van der Waals surface area contributed by atoms with Crippen LogP contribution in [0.3, 0.4) is 0 Å². The van der Waals surface area contributed by atoms with Crippen molar-refractivity contribution in [3.05, 3.63) is 88.8 Å². The van der Waals surface area contributed by atoms with Gasteiger partial charge in [-0.2, -0.15) is 0 Å². The Morgan fingerprint density at radius 2 is 1.93 bits per heavy atom. The van der Waals surface area contributed by atoms with Gasteiger partial charge in [0.1, 0.15) is 11.5 Å². The van der Waals surface area contributed by atoms with Gasteiger partial charge in [-0.05, 0) is 29.8 Å². The molecule has 0 bridgehead atoms. The number of hydrogen-bond acceptors (Lipinski definition) is 5. The number of methoxy groups -OCH3 is 1. The van der Waals surface area contributed by atoms with Gasteiger partial charge >= 0.3 is 0 Å². The molecule has 2 N–H and O–H groups in total. The predicted octanol–water partition coefficient (Wildman–Crippen LogP) is 4.34. The molecule has 6 heteroatoms. The highest BCUT2D eigenvalue weighted by Crippen LogP contribution is 2.29. The highest BCUT2D eigenvalue weighted by atomic mass is 16.5. The Bertz CT molecular complexity index is 1150. The van der Waals surface area contributed by atoms with Crippen molar-refractivity contribution in [1.82, 2.24) is 9.97 Å². The molecule has 2 heterocycles. The van der Waals surface area contributed by atoms with E-state index in [1.807, 2.05) is 60.7 Å². The number of anilines is 1. The Morgan fingerprint density at radius 3 is 2.75 bits per heavy atom. The van der Waals surface area contributed by atoms with E-state index in [9.17, 15) is 4.79 Å². The maximum atomic E-state index is 11.9. The number of benzene rings is 2. The summed E-state index contributed by atoms with van der Waals surface area (Å²) in [5, 5.41) is 4.20. The number of aromatic amines is 1. The van der Waals surface area contributed by atoms with Gasteiger partial charge in [0, 0.05) is 42.0 Å². The first kappa shape index (κ1) is 17.6. The fourth-order valence-electron chi connectivity index (χ4n) is 2.89. The molecule has 0 saturated heterocycles. The van der Waals surface area contributed by atoms with Gasteiger partial charge in [0.05, 0.1) is 12.6 Å². The van der Waals surface area contributed by atoms with Crippen molar-refractivity contribution in [3.8, 4) is 17.4 Å². The lowest BCUT2D eigenvalue weighted by Crippen LogP contribution is -2.05. The van der Waals surface area contributed by atoms with Gasteiger partial charge < -0.3 is 19.8 Å². The lowest BCUT2D eigenvalue weighted by Gasteiger charge is -2.11. The van der Waals surface area contributed by atoms with Crippen LogP contribution in [0.1, 0.15) is 5.56 Å². The summed E-state index contributed by atoms with van der Waals surface area (Å²) in [5.74, 6) is 1.76. The van der Waals surface area contributed by atoms with Gasteiger partial charge in [0.15, 0.2) is 0 Å². The Labute approximate surface area is 161 Å². The van der Waals surface area contributed by atoms with Gasteiger partial charge in [-0.25, -0.2) is 4.98 Å². The molecule has 6 nitrogen and oxygen atoms in total. The van der Waals surface area contributed by atoms with Crippen molar-refractivity contribution in [1.29, 1.82) is 0 Å². The number of hydrogen-bond donors (Lipinski definition) is 2. The van der Waals surface area contributed by atoms with E-state index in [0.29, 0.717) is 23.9 Å². The molecule has 0 aliphatic carbocycles. The lowest BCUT2D eigenvalue weighted by atomic mass is 10.2. The minimum Gasteiger partial charge on any atom is -0.481 e. The maximum Gasteiger partial charge on any atom is 0.252 e. The average Bonchev–Trinajstić information content (AvgIpc) is 2.73. The van der Waals surface area contributed by atoms with E-state index in [4.69, 9.17) is 9.47 Å². The number of fused-ring (bicyclic) bond motifs is 1. The van der Waals surface area contributed by atoms with E-state index < -0.39 is 0 Å². The zero-order valence-electron chi connectivity index (χ0n) is 15.3. The quantitative estimate of drug-likeness (QED) is 0.526. The Balaban J connectivity index is 1.52. The first-order valence-electron chi connectivity index (χ1n) is 8.84. The molecular formula is C22H19N3O3. The predicted molar refractivity (Wildman–Crippen MR) is 109 cm³/mol. The molecule has 0 saturated carbocycles. The van der Waals surface area contributed by atoms with E-state index in [1.165, 1.54) is 6.07 Å². The van der Waals surface area contributed by atoms with Crippen LogP contribution in [0.5, 0.6) is 17.4 Å². The van der Waals surface area contributed by atoms with Gasteiger partial charge in [0.25, 0.3) is 5.56 Å². The van der Waals surface area contributed by atoms with Gasteiger partial charge in [0.2, 0.25) is 5.88 Å². The fourth-order valence-corrected chi connectivity index (χ4v) is 2.89. The topological polar surface area (TPSA) is 76.2 Å². The second kappa shape index (κ2) is 7.84. The summed E-state index contributed by atoms with van der Waals surface area (Å²) < 4.78 is 11.1. The van der Waals surface area contributed by atoms with Gasteiger partial charge in [-0.15, -0.1) is 0 Å². The third-order valence-corrected chi connectivity index (χ3v) is 4.28. The van der Waals surface area contributed by atoms with Crippen molar-refractivity contribution in [2.45, 2.75) is 6.54 Å². The number of ether oxygens (including phenoxy) is 2. The number of H-pyrrole nitrogens is 1. The average molecular weight is 373 g/mol. The molecule has 0 aliphatic heterocycles. The lowest BCUT2D eigenvalue weighted by molar-refractivity contribution is 0.397. The highest BCUT2D eigenvalue weighted by molar-refractivity contribution is 5.84. The summed E-state index contributed by atoms with van der Waals surface area (Å²) in [4.78, 5) is 18.9. The van der Waals surface area contributed by atoms with Crippen molar-refractivity contribution in [2.24, 2.45) is 0 Å². The SMILES string of the molecule is COc1ccc(CNc2cccc(Oc3cc(=O)[nH]c4ccccc34)c2)cn1. The summed E-state index contributed by atoms with van der Waals surface area (Å²) in [5.41, 5.74) is 2.48. The first-order chi connectivity index (χ1) is 13.7. The van der Waals surface area contributed by atoms with Crippen molar-refractivity contribution >= 4 is 16.6 Å². The minimum absolute atomic E-state index is 0.199. The molecule has 28 heavy (non-hydrogen) atoms. The number of nitrogens with one attached hydrogen (secondary N) is 2. The van der Waals surface area contributed by atoms with E-state index in [0.717, 1.165) is 22.2 Å². The second-order valence-electron chi connectivity index (χ2n) is 6.24. The molecule has 0 spiro atoms. The summed E-state index contributed by atoms with van der Waals surface area (Å²) in [7, 11) is 1.59. The van der Waals surface area contributed by atoms with Crippen LogP contribution < -0.4 is 20.3 Å². The largest absolute Gasteiger partial charge is 0.481 e. The molecule has 140 valence electrons. The molecule has 0 unspecified atom stereocenters. The van der Waals surface area contributed by atoms with Crippen molar-refractivity contribution in [3.63, 3.8) is 0 Å². The number of para-hydroxylation sites is 1. The summed E-state index contributed by atoms with van der Waals surface area (Å²) in [6.45, 7) is 0.619. The van der Waals surface area contributed by atoms with Crippen LogP contribution in [0.4, 0.5) is 5.69 Å².